The molecule has 1 atom stereocenters. The van der Waals surface area contributed by atoms with E-state index in [1.807, 2.05) is 29.8 Å². The van der Waals surface area contributed by atoms with Gasteiger partial charge in [-0.25, -0.2) is 0 Å². The fourth-order valence-corrected chi connectivity index (χ4v) is 2.69. The van der Waals surface area contributed by atoms with E-state index in [9.17, 15) is 5.11 Å². The first-order valence-electron chi connectivity index (χ1n) is 6.94. The maximum atomic E-state index is 10.0. The molecule has 0 spiro atoms. The molecule has 6 heteroatoms. The van der Waals surface area contributed by atoms with Crippen LogP contribution in [0.3, 0.4) is 0 Å². The normalized spacial score (nSPS) is 12.6. The molecule has 0 aliphatic rings. The predicted octanol–water partition coefficient (Wildman–Crippen LogP) is 2.47. The lowest BCUT2D eigenvalue weighted by molar-refractivity contribution is 0.125. The number of aliphatic hydroxyl groups is 1. The highest BCUT2D eigenvalue weighted by Crippen LogP contribution is 2.26. The Hall–Kier alpha value is -1.53. The Balaban J connectivity index is 1.84. The molecule has 1 N–H and O–H groups in total. The van der Waals surface area contributed by atoms with Crippen molar-refractivity contribution in [1.82, 2.24) is 14.8 Å². The number of benzene rings is 1. The second kappa shape index (κ2) is 7.47. The van der Waals surface area contributed by atoms with Gasteiger partial charge in [-0.3, -0.25) is 0 Å². The molecule has 0 unspecified atom stereocenters. The summed E-state index contributed by atoms with van der Waals surface area (Å²) in [6, 6.07) is 7.95. The summed E-state index contributed by atoms with van der Waals surface area (Å²) < 4.78 is 7.58. The molecule has 1 aromatic heterocycles. The van der Waals surface area contributed by atoms with Gasteiger partial charge in [0.1, 0.15) is 18.7 Å². The fraction of sp³-hybridized carbons (Fsp3) is 0.467. The van der Waals surface area contributed by atoms with Gasteiger partial charge in [-0.1, -0.05) is 43.8 Å². The number of aromatic nitrogens is 3. The maximum Gasteiger partial charge on any atom is 0.190 e. The van der Waals surface area contributed by atoms with Crippen LogP contribution in [0.5, 0.6) is 5.75 Å². The number of aliphatic hydroxyl groups excluding tert-OH is 1. The summed E-state index contributed by atoms with van der Waals surface area (Å²) in [5.41, 5.74) is 1.16. The summed E-state index contributed by atoms with van der Waals surface area (Å²) in [4.78, 5) is 0. The lowest BCUT2D eigenvalue weighted by Gasteiger charge is -2.16. The van der Waals surface area contributed by atoms with Crippen molar-refractivity contribution in [2.75, 3.05) is 12.4 Å². The van der Waals surface area contributed by atoms with Crippen molar-refractivity contribution in [3.8, 4) is 5.75 Å². The smallest absolute Gasteiger partial charge is 0.190 e. The highest BCUT2D eigenvalue weighted by molar-refractivity contribution is 7.99. The number of rotatable bonds is 7. The van der Waals surface area contributed by atoms with E-state index < -0.39 is 6.10 Å². The number of ether oxygens (including phenoxy) is 1. The zero-order chi connectivity index (χ0) is 15.2. The fourth-order valence-electron chi connectivity index (χ4n) is 1.90. The Bertz CT molecular complexity index is 572. The Morgan fingerprint density at radius 1 is 1.33 bits per heavy atom. The van der Waals surface area contributed by atoms with Gasteiger partial charge in [-0.15, -0.1) is 10.2 Å². The van der Waals surface area contributed by atoms with Crippen LogP contribution in [0.4, 0.5) is 0 Å². The lowest BCUT2D eigenvalue weighted by Crippen LogP contribution is -2.20. The Kier molecular flexibility index (Phi) is 5.64. The van der Waals surface area contributed by atoms with Gasteiger partial charge < -0.3 is 14.4 Å². The third-order valence-corrected chi connectivity index (χ3v) is 4.23. The molecular formula is C15H21N3O2S. The molecule has 2 rings (SSSR count). The van der Waals surface area contributed by atoms with Crippen molar-refractivity contribution < 1.29 is 9.84 Å². The van der Waals surface area contributed by atoms with Crippen LogP contribution in [0.15, 0.2) is 35.7 Å². The summed E-state index contributed by atoms with van der Waals surface area (Å²) in [5.74, 6) is 1.76. The van der Waals surface area contributed by atoms with E-state index >= 15 is 0 Å². The van der Waals surface area contributed by atoms with Crippen molar-refractivity contribution >= 4 is 11.8 Å². The zero-order valence-electron chi connectivity index (χ0n) is 12.6. The standard InChI is InChI=1S/C15H21N3O2S/c1-11(2)13-6-4-5-7-14(13)20-8-12(19)9-21-15-17-16-10-18(15)3/h4-7,10-12,19H,8-9H2,1-3H3/t12-/m0/s1. The van der Waals surface area contributed by atoms with E-state index in [1.54, 1.807) is 6.33 Å². The highest BCUT2D eigenvalue weighted by atomic mass is 32.2. The van der Waals surface area contributed by atoms with Gasteiger partial charge in [-0.05, 0) is 17.5 Å². The summed E-state index contributed by atoms with van der Waals surface area (Å²) >= 11 is 1.47. The van der Waals surface area contributed by atoms with Crippen LogP contribution in [0.2, 0.25) is 0 Å². The van der Waals surface area contributed by atoms with E-state index in [0.717, 1.165) is 16.5 Å². The molecule has 0 fully saturated rings. The van der Waals surface area contributed by atoms with Gasteiger partial charge in [0.05, 0.1) is 6.10 Å². The molecule has 5 nitrogen and oxygen atoms in total. The molecule has 1 aromatic carbocycles. The first kappa shape index (κ1) is 15.9. The topological polar surface area (TPSA) is 60.2 Å². The van der Waals surface area contributed by atoms with Crippen molar-refractivity contribution in [2.45, 2.75) is 31.0 Å². The Morgan fingerprint density at radius 3 is 2.76 bits per heavy atom. The minimum absolute atomic E-state index is 0.272. The second-order valence-corrected chi connectivity index (χ2v) is 6.18. The number of hydrogen-bond acceptors (Lipinski definition) is 5. The van der Waals surface area contributed by atoms with Gasteiger partial charge in [0.15, 0.2) is 5.16 Å². The highest BCUT2D eigenvalue weighted by Gasteiger charge is 2.11. The molecule has 21 heavy (non-hydrogen) atoms. The molecule has 0 bridgehead atoms. The van der Waals surface area contributed by atoms with Crippen LogP contribution >= 0.6 is 11.8 Å². The number of nitrogens with zero attached hydrogens (tertiary/aromatic N) is 3. The van der Waals surface area contributed by atoms with E-state index in [0.29, 0.717) is 11.7 Å². The minimum atomic E-state index is -0.549. The molecule has 0 aliphatic heterocycles. The first-order valence-corrected chi connectivity index (χ1v) is 7.93. The van der Waals surface area contributed by atoms with Crippen LogP contribution in [-0.2, 0) is 7.05 Å². The van der Waals surface area contributed by atoms with Gasteiger partial charge in [0.25, 0.3) is 0 Å². The predicted molar refractivity (Wildman–Crippen MR) is 83.8 cm³/mol. The van der Waals surface area contributed by atoms with Gasteiger partial charge in [-0.2, -0.15) is 0 Å². The molecule has 0 radical (unpaired) electrons. The maximum absolute atomic E-state index is 10.0. The SMILES string of the molecule is CC(C)c1ccccc1OC[C@H](O)CSc1nncn1C. The largest absolute Gasteiger partial charge is 0.491 e. The summed E-state index contributed by atoms with van der Waals surface area (Å²) in [6.45, 7) is 4.53. The van der Waals surface area contributed by atoms with Crippen LogP contribution in [0, 0.1) is 0 Å². The molecule has 0 saturated heterocycles. The summed E-state index contributed by atoms with van der Waals surface area (Å²) in [5, 5.41) is 18.6. The van der Waals surface area contributed by atoms with Crippen LogP contribution in [-0.4, -0.2) is 38.3 Å². The molecule has 0 aliphatic carbocycles. The van der Waals surface area contributed by atoms with Gasteiger partial charge >= 0.3 is 0 Å². The van der Waals surface area contributed by atoms with Gasteiger partial charge in [0.2, 0.25) is 0 Å². The molecule has 0 saturated carbocycles. The van der Waals surface area contributed by atoms with Crippen LogP contribution in [0.1, 0.15) is 25.3 Å². The van der Waals surface area contributed by atoms with E-state index in [4.69, 9.17) is 4.74 Å². The molecule has 0 amide bonds. The number of hydrogen-bond donors (Lipinski definition) is 1. The minimum Gasteiger partial charge on any atom is -0.491 e. The monoisotopic (exact) mass is 307 g/mol. The first-order chi connectivity index (χ1) is 10.1. The van der Waals surface area contributed by atoms with Crippen molar-refractivity contribution in [3.05, 3.63) is 36.2 Å². The zero-order valence-corrected chi connectivity index (χ0v) is 13.4. The molecule has 2 aromatic rings. The Labute approximate surface area is 129 Å². The summed E-state index contributed by atoms with van der Waals surface area (Å²) in [6.07, 6.45) is 1.09. The van der Waals surface area contributed by atoms with Crippen LogP contribution < -0.4 is 4.74 Å². The summed E-state index contributed by atoms with van der Waals surface area (Å²) in [7, 11) is 1.88. The quantitative estimate of drug-likeness (QED) is 0.796. The third kappa shape index (κ3) is 4.47. The Morgan fingerprint density at radius 2 is 2.10 bits per heavy atom. The molecule has 1 heterocycles. The number of thioether (sulfide) groups is 1. The van der Waals surface area contributed by atoms with E-state index in [2.05, 4.69) is 30.1 Å². The van der Waals surface area contributed by atoms with Crippen molar-refractivity contribution in [3.63, 3.8) is 0 Å². The second-order valence-electron chi connectivity index (χ2n) is 5.19. The van der Waals surface area contributed by atoms with E-state index in [-0.39, 0.29) is 6.61 Å². The lowest BCUT2D eigenvalue weighted by atomic mass is 10.0. The third-order valence-electron chi connectivity index (χ3n) is 3.05. The van der Waals surface area contributed by atoms with E-state index in [1.165, 1.54) is 11.8 Å². The van der Waals surface area contributed by atoms with Crippen LogP contribution in [0.25, 0.3) is 0 Å². The number of para-hydroxylation sites is 1. The molecular weight excluding hydrogens is 286 g/mol. The van der Waals surface area contributed by atoms with Crippen molar-refractivity contribution in [1.29, 1.82) is 0 Å². The van der Waals surface area contributed by atoms with Gasteiger partial charge in [0, 0.05) is 12.8 Å². The average Bonchev–Trinajstić information content (AvgIpc) is 2.88. The average molecular weight is 307 g/mol. The molecule has 114 valence electrons. The number of aryl methyl sites for hydroxylation is 1. The van der Waals surface area contributed by atoms with Crippen molar-refractivity contribution in [2.24, 2.45) is 7.05 Å².